The number of nitrogens with zero attached hydrogens (tertiary/aromatic N) is 2. The molecule has 1 atom stereocenters. The molecule has 1 aromatic rings. The van der Waals surface area contributed by atoms with Gasteiger partial charge in [0, 0.05) is 31.4 Å². The van der Waals surface area contributed by atoms with Gasteiger partial charge in [-0.15, -0.1) is 0 Å². The summed E-state index contributed by atoms with van der Waals surface area (Å²) in [5.41, 5.74) is 0.656. The van der Waals surface area contributed by atoms with Gasteiger partial charge in [-0.3, -0.25) is 0 Å². The Morgan fingerprint density at radius 1 is 1.45 bits per heavy atom. The van der Waals surface area contributed by atoms with Crippen molar-refractivity contribution < 1.29 is 5.11 Å². The average Bonchev–Trinajstić information content (AvgIpc) is 2.85. The van der Waals surface area contributed by atoms with Crippen molar-refractivity contribution in [2.45, 2.75) is 51.2 Å². The summed E-state index contributed by atoms with van der Waals surface area (Å²) >= 11 is 0. The van der Waals surface area contributed by atoms with Crippen LogP contribution >= 0.6 is 0 Å². The van der Waals surface area contributed by atoms with Crippen LogP contribution in [-0.2, 0) is 0 Å². The quantitative estimate of drug-likeness (QED) is 0.839. The number of aromatic nitrogens is 1. The van der Waals surface area contributed by atoms with Gasteiger partial charge in [0.15, 0.2) is 0 Å². The number of nitrogens with one attached hydrogen (secondary N) is 1. The third-order valence-corrected chi connectivity index (χ3v) is 4.22. The van der Waals surface area contributed by atoms with Gasteiger partial charge in [-0.25, -0.2) is 4.98 Å². The largest absolute Gasteiger partial charge is 0.388 e. The van der Waals surface area contributed by atoms with Crippen molar-refractivity contribution in [3.63, 3.8) is 0 Å². The first-order valence-electron chi connectivity index (χ1n) is 7.67. The van der Waals surface area contributed by atoms with E-state index in [1.54, 1.807) is 0 Å². The van der Waals surface area contributed by atoms with Gasteiger partial charge in [0.1, 0.15) is 5.82 Å². The zero-order chi connectivity index (χ0) is 14.6. The first-order chi connectivity index (χ1) is 9.56. The van der Waals surface area contributed by atoms with Crippen LogP contribution in [0.2, 0.25) is 0 Å². The zero-order valence-electron chi connectivity index (χ0n) is 12.9. The molecule has 1 fully saturated rings. The minimum absolute atomic E-state index is 0.268. The summed E-state index contributed by atoms with van der Waals surface area (Å²) in [6.45, 7) is 5.86. The lowest BCUT2D eigenvalue weighted by Gasteiger charge is -2.31. The number of anilines is 1. The lowest BCUT2D eigenvalue weighted by molar-refractivity contribution is 0.0557. The van der Waals surface area contributed by atoms with Crippen LogP contribution in [-0.4, -0.2) is 35.8 Å². The summed E-state index contributed by atoms with van der Waals surface area (Å²) in [4.78, 5) is 6.64. The van der Waals surface area contributed by atoms with Crippen molar-refractivity contribution in [3.8, 4) is 0 Å². The SMILES string of the molecule is CCNC(C)c1cccnc1N(C)CC1(O)CCCC1. The van der Waals surface area contributed by atoms with E-state index in [1.165, 1.54) is 5.56 Å². The van der Waals surface area contributed by atoms with Gasteiger partial charge < -0.3 is 15.3 Å². The molecular weight excluding hydrogens is 250 g/mol. The number of hydrogen-bond donors (Lipinski definition) is 2. The second kappa shape index (κ2) is 6.55. The Bertz CT molecular complexity index is 429. The van der Waals surface area contributed by atoms with Crippen molar-refractivity contribution in [3.05, 3.63) is 23.9 Å². The first kappa shape index (κ1) is 15.3. The van der Waals surface area contributed by atoms with Gasteiger partial charge in [0.25, 0.3) is 0 Å². The van der Waals surface area contributed by atoms with Gasteiger partial charge in [-0.2, -0.15) is 0 Å². The van der Waals surface area contributed by atoms with Gasteiger partial charge in [-0.05, 0) is 32.4 Å². The Labute approximate surface area is 122 Å². The molecule has 112 valence electrons. The Morgan fingerprint density at radius 3 is 2.80 bits per heavy atom. The number of likely N-dealkylation sites (N-methyl/N-ethyl adjacent to an activating group) is 1. The van der Waals surface area contributed by atoms with E-state index in [9.17, 15) is 5.11 Å². The number of pyridine rings is 1. The zero-order valence-corrected chi connectivity index (χ0v) is 12.9. The second-order valence-corrected chi connectivity index (χ2v) is 5.98. The molecule has 1 unspecified atom stereocenters. The molecule has 0 amide bonds. The summed E-state index contributed by atoms with van der Waals surface area (Å²) < 4.78 is 0. The van der Waals surface area contributed by atoms with Crippen molar-refractivity contribution in [2.75, 3.05) is 25.0 Å². The summed E-state index contributed by atoms with van der Waals surface area (Å²) in [5, 5.41) is 14.0. The molecule has 0 radical (unpaired) electrons. The van der Waals surface area contributed by atoms with E-state index in [-0.39, 0.29) is 6.04 Å². The molecule has 1 aromatic heterocycles. The van der Waals surface area contributed by atoms with Crippen molar-refractivity contribution in [1.29, 1.82) is 0 Å². The monoisotopic (exact) mass is 277 g/mol. The van der Waals surface area contributed by atoms with Crippen molar-refractivity contribution in [1.82, 2.24) is 10.3 Å². The summed E-state index contributed by atoms with van der Waals surface area (Å²) in [5.74, 6) is 0.973. The lowest BCUT2D eigenvalue weighted by Crippen LogP contribution is -2.40. The molecule has 1 saturated carbocycles. The molecule has 0 spiro atoms. The van der Waals surface area contributed by atoms with Crippen LogP contribution in [0.15, 0.2) is 18.3 Å². The highest BCUT2D eigenvalue weighted by Gasteiger charge is 2.33. The van der Waals surface area contributed by atoms with Crippen LogP contribution in [0.4, 0.5) is 5.82 Å². The van der Waals surface area contributed by atoms with Crippen molar-refractivity contribution >= 4 is 5.82 Å². The standard InChI is InChI=1S/C16H27N3O/c1-4-17-13(2)14-8-7-11-18-15(14)19(3)12-16(20)9-5-6-10-16/h7-8,11,13,17,20H,4-6,9-10,12H2,1-3H3. The predicted octanol–water partition coefficient (Wildman–Crippen LogP) is 2.49. The number of aliphatic hydroxyl groups is 1. The summed E-state index contributed by atoms with van der Waals surface area (Å²) in [6.07, 6.45) is 5.90. The minimum Gasteiger partial charge on any atom is -0.388 e. The van der Waals surface area contributed by atoms with Crippen LogP contribution in [0.25, 0.3) is 0 Å². The molecular formula is C16H27N3O. The van der Waals surface area contributed by atoms with Crippen LogP contribution in [0.1, 0.15) is 51.1 Å². The van der Waals surface area contributed by atoms with Gasteiger partial charge in [0.05, 0.1) is 5.60 Å². The average molecular weight is 277 g/mol. The molecule has 4 heteroatoms. The Balaban J connectivity index is 2.14. The van der Waals surface area contributed by atoms with E-state index in [2.05, 4.69) is 35.1 Å². The Morgan fingerprint density at radius 2 is 2.15 bits per heavy atom. The molecule has 20 heavy (non-hydrogen) atoms. The summed E-state index contributed by atoms with van der Waals surface area (Å²) in [6, 6.07) is 4.36. The predicted molar refractivity (Wildman–Crippen MR) is 83.0 cm³/mol. The van der Waals surface area contributed by atoms with E-state index in [4.69, 9.17) is 0 Å². The third-order valence-electron chi connectivity index (χ3n) is 4.22. The lowest BCUT2D eigenvalue weighted by atomic mass is 10.0. The molecule has 1 aliphatic rings. The van der Waals surface area contributed by atoms with Crippen molar-refractivity contribution in [2.24, 2.45) is 0 Å². The van der Waals surface area contributed by atoms with Gasteiger partial charge in [-0.1, -0.05) is 25.8 Å². The van der Waals surface area contributed by atoms with Gasteiger partial charge >= 0.3 is 0 Å². The van der Waals surface area contributed by atoms with E-state index < -0.39 is 5.60 Å². The highest BCUT2D eigenvalue weighted by Crippen LogP contribution is 2.32. The number of hydrogen-bond acceptors (Lipinski definition) is 4. The second-order valence-electron chi connectivity index (χ2n) is 5.98. The molecule has 2 N–H and O–H groups in total. The normalized spacial score (nSPS) is 19.0. The maximum absolute atomic E-state index is 10.6. The first-order valence-corrected chi connectivity index (χ1v) is 7.67. The van der Waals surface area contributed by atoms with E-state index in [1.807, 2.05) is 19.3 Å². The molecule has 0 saturated heterocycles. The Hall–Kier alpha value is -1.13. The maximum Gasteiger partial charge on any atom is 0.133 e. The Kier molecular flexibility index (Phi) is 5.00. The van der Waals surface area contributed by atoms with E-state index >= 15 is 0 Å². The number of rotatable bonds is 6. The molecule has 4 nitrogen and oxygen atoms in total. The third kappa shape index (κ3) is 3.49. The van der Waals surface area contributed by atoms with Crippen LogP contribution in [0, 0.1) is 0 Å². The fraction of sp³-hybridized carbons (Fsp3) is 0.688. The summed E-state index contributed by atoms with van der Waals surface area (Å²) in [7, 11) is 2.03. The van der Waals surface area contributed by atoms with Crippen LogP contribution in [0.3, 0.4) is 0 Å². The molecule has 1 aliphatic carbocycles. The van der Waals surface area contributed by atoms with E-state index in [0.717, 1.165) is 38.0 Å². The molecule has 0 bridgehead atoms. The topological polar surface area (TPSA) is 48.4 Å². The fourth-order valence-electron chi connectivity index (χ4n) is 3.19. The highest BCUT2D eigenvalue weighted by molar-refractivity contribution is 5.48. The maximum atomic E-state index is 10.6. The minimum atomic E-state index is -0.537. The van der Waals surface area contributed by atoms with Gasteiger partial charge in [0.2, 0.25) is 0 Å². The molecule has 2 rings (SSSR count). The van der Waals surface area contributed by atoms with Crippen LogP contribution in [0.5, 0.6) is 0 Å². The fourth-order valence-corrected chi connectivity index (χ4v) is 3.19. The smallest absolute Gasteiger partial charge is 0.133 e. The molecule has 0 aliphatic heterocycles. The van der Waals surface area contributed by atoms with Crippen LogP contribution < -0.4 is 10.2 Å². The highest BCUT2D eigenvalue weighted by atomic mass is 16.3. The molecule has 0 aromatic carbocycles. The molecule has 1 heterocycles. The van der Waals surface area contributed by atoms with E-state index in [0.29, 0.717) is 6.54 Å².